The average Bonchev–Trinajstić information content (AvgIpc) is 2.27. The van der Waals surface area contributed by atoms with E-state index in [1.54, 1.807) is 4.90 Å². The predicted octanol–water partition coefficient (Wildman–Crippen LogP) is 1.60. The highest BCUT2D eigenvalue weighted by Gasteiger charge is 2.43. The molecule has 0 radical (unpaired) electrons. The largest absolute Gasteiger partial charge is 0.369 e. The van der Waals surface area contributed by atoms with Crippen LogP contribution in [0.1, 0.15) is 41.0 Å². The molecule has 1 rings (SSSR count). The smallest absolute Gasteiger partial charge is 0.257 e. The fourth-order valence-corrected chi connectivity index (χ4v) is 2.23. The number of nitrogens with zero attached hydrogens (tertiary/aromatic N) is 2. The lowest BCUT2D eigenvalue weighted by Crippen LogP contribution is -2.45. The highest BCUT2D eigenvalue weighted by molar-refractivity contribution is 6.06. The van der Waals surface area contributed by atoms with Crippen molar-refractivity contribution in [2.24, 2.45) is 22.6 Å². The van der Waals surface area contributed by atoms with Crippen LogP contribution in [0.25, 0.3) is 0 Å². The molecule has 16 heavy (non-hydrogen) atoms. The summed E-state index contributed by atoms with van der Waals surface area (Å²) in [4.78, 5) is 18.2. The monoisotopic (exact) mass is 225 g/mol. The van der Waals surface area contributed by atoms with Crippen molar-refractivity contribution < 1.29 is 4.79 Å². The van der Waals surface area contributed by atoms with Crippen molar-refractivity contribution in [2.45, 2.75) is 46.6 Å². The standard InChI is InChI=1S/C12H23N3O/c1-8(2)6-12(5)10(16)15(7-9(3)4)11(13)14-12/h8-9H,6-7H2,1-5H3,(H2,13,14). The molecule has 1 heterocycles. The van der Waals surface area contributed by atoms with Gasteiger partial charge in [-0.15, -0.1) is 0 Å². The summed E-state index contributed by atoms with van der Waals surface area (Å²) in [5.74, 6) is 1.26. The molecule has 92 valence electrons. The molecule has 0 aliphatic carbocycles. The van der Waals surface area contributed by atoms with E-state index in [2.05, 4.69) is 32.7 Å². The van der Waals surface area contributed by atoms with E-state index in [9.17, 15) is 4.79 Å². The number of nitrogens with two attached hydrogens (primary N) is 1. The van der Waals surface area contributed by atoms with E-state index < -0.39 is 5.54 Å². The van der Waals surface area contributed by atoms with Gasteiger partial charge in [-0.3, -0.25) is 9.69 Å². The number of hydrogen-bond acceptors (Lipinski definition) is 3. The van der Waals surface area contributed by atoms with Gasteiger partial charge in [0.05, 0.1) is 0 Å². The van der Waals surface area contributed by atoms with Crippen LogP contribution in [0.3, 0.4) is 0 Å². The van der Waals surface area contributed by atoms with E-state index in [1.165, 1.54) is 0 Å². The summed E-state index contributed by atoms with van der Waals surface area (Å²) in [7, 11) is 0. The van der Waals surface area contributed by atoms with Crippen molar-refractivity contribution in [3.63, 3.8) is 0 Å². The molecule has 1 aliphatic rings. The number of amides is 1. The van der Waals surface area contributed by atoms with Gasteiger partial charge in [0.25, 0.3) is 5.91 Å². The van der Waals surface area contributed by atoms with Crippen molar-refractivity contribution in [3.05, 3.63) is 0 Å². The molecule has 1 atom stereocenters. The third-order valence-electron chi connectivity index (χ3n) is 2.70. The Morgan fingerprint density at radius 3 is 2.31 bits per heavy atom. The van der Waals surface area contributed by atoms with Crippen LogP contribution in [-0.2, 0) is 4.79 Å². The summed E-state index contributed by atoms with van der Waals surface area (Å²) in [6.45, 7) is 10.9. The topological polar surface area (TPSA) is 58.7 Å². The summed E-state index contributed by atoms with van der Waals surface area (Å²) >= 11 is 0. The van der Waals surface area contributed by atoms with E-state index in [0.29, 0.717) is 24.3 Å². The SMILES string of the molecule is CC(C)CN1C(=O)C(C)(CC(C)C)N=C1N. The molecule has 0 saturated heterocycles. The maximum Gasteiger partial charge on any atom is 0.257 e. The summed E-state index contributed by atoms with van der Waals surface area (Å²) in [5, 5.41) is 0. The quantitative estimate of drug-likeness (QED) is 0.790. The molecule has 0 spiro atoms. The molecule has 1 unspecified atom stereocenters. The number of guanidine groups is 1. The van der Waals surface area contributed by atoms with Crippen LogP contribution in [0, 0.1) is 11.8 Å². The molecule has 1 amide bonds. The molecule has 0 saturated carbocycles. The van der Waals surface area contributed by atoms with Gasteiger partial charge in [-0.25, -0.2) is 4.99 Å². The third kappa shape index (κ3) is 2.54. The van der Waals surface area contributed by atoms with Crippen LogP contribution in [0.15, 0.2) is 4.99 Å². The number of carbonyl (C=O) groups is 1. The molecular formula is C12H23N3O. The van der Waals surface area contributed by atoms with E-state index in [0.717, 1.165) is 6.42 Å². The number of hydrogen-bond donors (Lipinski definition) is 1. The van der Waals surface area contributed by atoms with Gasteiger partial charge in [-0.1, -0.05) is 27.7 Å². The highest BCUT2D eigenvalue weighted by atomic mass is 16.2. The van der Waals surface area contributed by atoms with Crippen LogP contribution in [-0.4, -0.2) is 28.9 Å². The maximum absolute atomic E-state index is 12.2. The zero-order chi connectivity index (χ0) is 12.5. The molecule has 4 heteroatoms. The van der Waals surface area contributed by atoms with Gasteiger partial charge >= 0.3 is 0 Å². The highest BCUT2D eigenvalue weighted by Crippen LogP contribution is 2.28. The molecule has 0 fully saturated rings. The lowest BCUT2D eigenvalue weighted by molar-refractivity contribution is -0.131. The predicted molar refractivity (Wildman–Crippen MR) is 66.0 cm³/mol. The van der Waals surface area contributed by atoms with Gasteiger partial charge in [0.2, 0.25) is 0 Å². The lowest BCUT2D eigenvalue weighted by Gasteiger charge is -2.24. The third-order valence-corrected chi connectivity index (χ3v) is 2.70. The van der Waals surface area contributed by atoms with E-state index in [4.69, 9.17) is 5.73 Å². The minimum atomic E-state index is -0.646. The average molecular weight is 225 g/mol. The molecule has 0 aromatic carbocycles. The molecule has 2 N–H and O–H groups in total. The van der Waals surface area contributed by atoms with Gasteiger partial charge in [0.15, 0.2) is 5.96 Å². The summed E-state index contributed by atoms with van der Waals surface area (Å²) in [6.07, 6.45) is 0.751. The summed E-state index contributed by atoms with van der Waals surface area (Å²) < 4.78 is 0. The first kappa shape index (κ1) is 13.0. The van der Waals surface area contributed by atoms with E-state index >= 15 is 0 Å². The Kier molecular flexibility index (Phi) is 3.61. The Labute approximate surface area is 97.9 Å². The van der Waals surface area contributed by atoms with Crippen molar-refractivity contribution in [3.8, 4) is 0 Å². The van der Waals surface area contributed by atoms with Crippen molar-refractivity contribution in [1.29, 1.82) is 0 Å². The summed E-state index contributed by atoms with van der Waals surface area (Å²) in [5.41, 5.74) is 5.18. The van der Waals surface area contributed by atoms with Gasteiger partial charge in [-0.05, 0) is 25.2 Å². The van der Waals surface area contributed by atoms with Gasteiger partial charge in [0.1, 0.15) is 5.54 Å². The fourth-order valence-electron chi connectivity index (χ4n) is 2.23. The van der Waals surface area contributed by atoms with Crippen molar-refractivity contribution in [2.75, 3.05) is 6.54 Å². The number of aliphatic imine (C=N–C) groups is 1. The van der Waals surface area contributed by atoms with Crippen LogP contribution >= 0.6 is 0 Å². The minimum absolute atomic E-state index is 0.0485. The van der Waals surface area contributed by atoms with Crippen LogP contribution in [0.2, 0.25) is 0 Å². The van der Waals surface area contributed by atoms with Crippen molar-refractivity contribution in [1.82, 2.24) is 4.90 Å². The van der Waals surface area contributed by atoms with Gasteiger partial charge < -0.3 is 5.73 Å². The fraction of sp³-hybridized carbons (Fsp3) is 0.833. The first-order valence-corrected chi connectivity index (χ1v) is 5.93. The molecule has 0 bridgehead atoms. The first-order chi connectivity index (χ1) is 7.26. The Morgan fingerprint density at radius 2 is 1.88 bits per heavy atom. The van der Waals surface area contributed by atoms with Crippen LogP contribution < -0.4 is 5.73 Å². The van der Waals surface area contributed by atoms with Crippen molar-refractivity contribution >= 4 is 11.9 Å². The molecule has 0 aromatic rings. The van der Waals surface area contributed by atoms with E-state index in [-0.39, 0.29) is 5.91 Å². The normalized spacial score (nSPS) is 25.8. The first-order valence-electron chi connectivity index (χ1n) is 5.93. The second-order valence-electron chi connectivity index (χ2n) is 5.65. The lowest BCUT2D eigenvalue weighted by atomic mass is 9.91. The zero-order valence-corrected chi connectivity index (χ0v) is 10.9. The second-order valence-corrected chi connectivity index (χ2v) is 5.65. The minimum Gasteiger partial charge on any atom is -0.369 e. The number of rotatable bonds is 4. The molecule has 1 aliphatic heterocycles. The van der Waals surface area contributed by atoms with E-state index in [1.807, 2.05) is 6.92 Å². The number of carbonyl (C=O) groups excluding carboxylic acids is 1. The second kappa shape index (κ2) is 4.44. The Balaban J connectivity index is 2.84. The Morgan fingerprint density at radius 1 is 1.31 bits per heavy atom. The molecule has 0 aromatic heterocycles. The van der Waals surface area contributed by atoms with Gasteiger partial charge in [-0.2, -0.15) is 0 Å². The summed E-state index contributed by atoms with van der Waals surface area (Å²) in [6, 6.07) is 0. The van der Waals surface area contributed by atoms with Gasteiger partial charge in [0, 0.05) is 6.54 Å². The maximum atomic E-state index is 12.2. The molecular weight excluding hydrogens is 202 g/mol. The Bertz CT molecular complexity index is 309. The Hall–Kier alpha value is -1.06. The van der Waals surface area contributed by atoms with Crippen LogP contribution in [0.5, 0.6) is 0 Å². The zero-order valence-electron chi connectivity index (χ0n) is 10.9. The van der Waals surface area contributed by atoms with Crippen LogP contribution in [0.4, 0.5) is 0 Å². The molecule has 4 nitrogen and oxygen atoms in total.